The molecule has 0 saturated heterocycles. The maximum absolute atomic E-state index is 12.4. The second-order valence-electron chi connectivity index (χ2n) is 6.35. The molecule has 5 nitrogen and oxygen atoms in total. The molecule has 0 aliphatic carbocycles. The molecule has 5 aromatic rings. The van der Waals surface area contributed by atoms with Crippen molar-refractivity contribution >= 4 is 10.9 Å². The Morgan fingerprint density at radius 3 is 2.25 bits per heavy atom. The van der Waals surface area contributed by atoms with Crippen LogP contribution in [0.5, 0.6) is 0 Å². The van der Waals surface area contributed by atoms with Crippen molar-refractivity contribution in [1.82, 2.24) is 14.8 Å². The van der Waals surface area contributed by atoms with Crippen LogP contribution in [0.2, 0.25) is 0 Å². The first-order valence-electron chi connectivity index (χ1n) is 8.91. The highest BCUT2D eigenvalue weighted by Gasteiger charge is 2.16. The lowest BCUT2D eigenvalue weighted by molar-refractivity contribution is 0.515. The molecule has 0 saturated carbocycles. The van der Waals surface area contributed by atoms with Crippen LogP contribution < -0.4 is 5.63 Å². The smallest absolute Gasteiger partial charge is 0.347 e. The SMILES string of the molecule is O=c1oc(-c2cc(-c3ccccc3)n(-c3ccccc3)n2)nc2ccccc12. The number of benzene rings is 3. The van der Waals surface area contributed by atoms with Gasteiger partial charge in [-0.05, 0) is 30.3 Å². The first-order chi connectivity index (χ1) is 13.8. The van der Waals surface area contributed by atoms with Gasteiger partial charge in [-0.25, -0.2) is 14.5 Å². The van der Waals surface area contributed by atoms with Gasteiger partial charge in [0.25, 0.3) is 5.89 Å². The van der Waals surface area contributed by atoms with E-state index in [0.29, 0.717) is 16.6 Å². The second kappa shape index (κ2) is 6.63. The quantitative estimate of drug-likeness (QED) is 0.465. The van der Waals surface area contributed by atoms with E-state index in [0.717, 1.165) is 16.9 Å². The fourth-order valence-corrected chi connectivity index (χ4v) is 3.19. The molecular weight excluding hydrogens is 350 g/mol. The van der Waals surface area contributed by atoms with E-state index >= 15 is 0 Å². The van der Waals surface area contributed by atoms with Gasteiger partial charge in [-0.3, -0.25) is 0 Å². The summed E-state index contributed by atoms with van der Waals surface area (Å²) in [5, 5.41) is 5.15. The predicted octanol–water partition coefficient (Wildman–Crippen LogP) is 4.71. The first kappa shape index (κ1) is 16.2. The van der Waals surface area contributed by atoms with Crippen LogP contribution in [0.3, 0.4) is 0 Å². The number of aromatic nitrogens is 3. The zero-order valence-corrected chi connectivity index (χ0v) is 14.8. The lowest BCUT2D eigenvalue weighted by Crippen LogP contribution is -2.03. The van der Waals surface area contributed by atoms with Crippen molar-refractivity contribution in [1.29, 1.82) is 0 Å². The molecule has 0 unspecified atom stereocenters. The number of fused-ring (bicyclic) bond motifs is 1. The monoisotopic (exact) mass is 365 g/mol. The van der Waals surface area contributed by atoms with E-state index in [1.54, 1.807) is 18.2 Å². The molecule has 5 heteroatoms. The van der Waals surface area contributed by atoms with Crippen molar-refractivity contribution < 1.29 is 4.42 Å². The Balaban J connectivity index is 1.74. The maximum Gasteiger partial charge on any atom is 0.347 e. The van der Waals surface area contributed by atoms with E-state index < -0.39 is 5.63 Å². The molecule has 0 bridgehead atoms. The first-order valence-corrected chi connectivity index (χ1v) is 8.91. The summed E-state index contributed by atoms with van der Waals surface area (Å²) in [6.07, 6.45) is 0. The van der Waals surface area contributed by atoms with Gasteiger partial charge in [-0.15, -0.1) is 0 Å². The van der Waals surface area contributed by atoms with Crippen LogP contribution in [0.1, 0.15) is 0 Å². The average molecular weight is 365 g/mol. The summed E-state index contributed by atoms with van der Waals surface area (Å²) in [5.74, 6) is 0.204. The third-order valence-electron chi connectivity index (χ3n) is 4.53. The molecule has 134 valence electrons. The fraction of sp³-hybridized carbons (Fsp3) is 0. The molecule has 0 spiro atoms. The Morgan fingerprint density at radius 1 is 0.786 bits per heavy atom. The van der Waals surface area contributed by atoms with Gasteiger partial charge >= 0.3 is 5.63 Å². The van der Waals surface area contributed by atoms with Crippen molar-refractivity contribution in [2.24, 2.45) is 0 Å². The van der Waals surface area contributed by atoms with Crippen LogP contribution in [0, 0.1) is 0 Å². The number of rotatable bonds is 3. The minimum atomic E-state index is -0.420. The maximum atomic E-state index is 12.4. The molecule has 0 N–H and O–H groups in total. The van der Waals surface area contributed by atoms with Crippen molar-refractivity contribution in [3.63, 3.8) is 0 Å². The summed E-state index contributed by atoms with van der Waals surface area (Å²) in [7, 11) is 0. The van der Waals surface area contributed by atoms with Gasteiger partial charge in [0.1, 0.15) is 5.69 Å². The minimum Gasteiger partial charge on any atom is -0.401 e. The summed E-state index contributed by atoms with van der Waals surface area (Å²) >= 11 is 0. The summed E-state index contributed by atoms with van der Waals surface area (Å²) in [6, 6.07) is 28.8. The number of nitrogens with zero attached hydrogens (tertiary/aromatic N) is 3. The van der Waals surface area contributed by atoms with Crippen LogP contribution >= 0.6 is 0 Å². The van der Waals surface area contributed by atoms with Crippen LogP contribution in [-0.4, -0.2) is 14.8 Å². The third kappa shape index (κ3) is 2.79. The molecule has 5 rings (SSSR count). The van der Waals surface area contributed by atoms with E-state index in [9.17, 15) is 4.79 Å². The Labute approximate surface area is 160 Å². The molecule has 0 fully saturated rings. The highest BCUT2D eigenvalue weighted by atomic mass is 16.4. The summed E-state index contributed by atoms with van der Waals surface area (Å²) in [5.41, 5.74) is 3.48. The van der Waals surface area contributed by atoms with Crippen LogP contribution in [0.15, 0.2) is 100 Å². The van der Waals surface area contributed by atoms with Gasteiger partial charge in [0.05, 0.1) is 22.3 Å². The fourth-order valence-electron chi connectivity index (χ4n) is 3.19. The molecule has 2 heterocycles. The van der Waals surface area contributed by atoms with Gasteiger partial charge in [0.15, 0.2) is 0 Å². The van der Waals surface area contributed by atoms with Crippen LogP contribution in [-0.2, 0) is 0 Å². The van der Waals surface area contributed by atoms with Gasteiger partial charge in [-0.2, -0.15) is 5.10 Å². The lowest BCUT2D eigenvalue weighted by atomic mass is 10.1. The molecule has 0 atom stereocenters. The van der Waals surface area contributed by atoms with Crippen molar-refractivity contribution in [2.75, 3.05) is 0 Å². The highest BCUT2D eigenvalue weighted by Crippen LogP contribution is 2.28. The predicted molar refractivity (Wildman–Crippen MR) is 108 cm³/mol. The van der Waals surface area contributed by atoms with Gasteiger partial charge in [-0.1, -0.05) is 60.7 Å². The number of hydrogen-bond donors (Lipinski definition) is 0. The van der Waals surface area contributed by atoms with E-state index in [4.69, 9.17) is 9.52 Å². The van der Waals surface area contributed by atoms with E-state index in [2.05, 4.69) is 4.98 Å². The molecule has 0 aliphatic heterocycles. The summed E-state index contributed by atoms with van der Waals surface area (Å²) < 4.78 is 7.31. The molecule has 3 aromatic carbocycles. The van der Waals surface area contributed by atoms with Crippen LogP contribution in [0.25, 0.3) is 39.4 Å². The molecule has 0 aliphatic rings. The Hall–Kier alpha value is -3.99. The summed E-state index contributed by atoms with van der Waals surface area (Å²) in [4.78, 5) is 16.9. The normalized spacial score (nSPS) is 11.0. The van der Waals surface area contributed by atoms with Crippen LogP contribution in [0.4, 0.5) is 0 Å². The lowest BCUT2D eigenvalue weighted by Gasteiger charge is -2.07. The standard InChI is InChI=1S/C23H15N3O2/c27-23-18-13-7-8-14-19(18)24-22(28-23)20-15-21(16-9-3-1-4-10-16)26(25-20)17-11-5-2-6-12-17/h1-15H. The largest absolute Gasteiger partial charge is 0.401 e. The molecule has 0 radical (unpaired) electrons. The van der Waals surface area contributed by atoms with Crippen molar-refractivity contribution in [2.45, 2.75) is 0 Å². The zero-order valence-electron chi connectivity index (χ0n) is 14.8. The Kier molecular flexibility index (Phi) is 3.84. The van der Waals surface area contributed by atoms with E-state index in [1.165, 1.54) is 0 Å². The molecule has 2 aromatic heterocycles. The van der Waals surface area contributed by atoms with E-state index in [-0.39, 0.29) is 5.89 Å². The zero-order chi connectivity index (χ0) is 18.9. The van der Waals surface area contributed by atoms with Gasteiger partial charge in [0.2, 0.25) is 0 Å². The summed E-state index contributed by atoms with van der Waals surface area (Å²) in [6.45, 7) is 0. The Bertz CT molecular complexity index is 1270. The van der Waals surface area contributed by atoms with Crippen molar-refractivity contribution in [3.8, 4) is 28.5 Å². The number of para-hydroxylation sites is 2. The second-order valence-corrected chi connectivity index (χ2v) is 6.35. The topological polar surface area (TPSA) is 60.9 Å². The average Bonchev–Trinajstić information content (AvgIpc) is 3.21. The Morgan fingerprint density at radius 2 is 1.46 bits per heavy atom. The van der Waals surface area contributed by atoms with Crippen molar-refractivity contribution in [3.05, 3.63) is 101 Å². The third-order valence-corrected chi connectivity index (χ3v) is 4.53. The van der Waals surface area contributed by atoms with E-state index in [1.807, 2.05) is 77.5 Å². The number of hydrogen-bond acceptors (Lipinski definition) is 4. The van der Waals surface area contributed by atoms with Gasteiger partial charge < -0.3 is 4.42 Å². The minimum absolute atomic E-state index is 0.204. The molecule has 28 heavy (non-hydrogen) atoms. The molecular formula is C23H15N3O2. The molecule has 0 amide bonds. The van der Waals surface area contributed by atoms with Gasteiger partial charge in [0, 0.05) is 5.56 Å². The highest BCUT2D eigenvalue weighted by molar-refractivity contribution is 5.78.